The Hall–Kier alpha value is -1.61. The third kappa shape index (κ3) is 1.44. The van der Waals surface area contributed by atoms with Crippen molar-refractivity contribution < 1.29 is 0 Å². The van der Waals surface area contributed by atoms with Gasteiger partial charge in [0.05, 0.1) is 5.69 Å². The van der Waals surface area contributed by atoms with E-state index in [2.05, 4.69) is 41.8 Å². The van der Waals surface area contributed by atoms with Crippen LogP contribution < -0.4 is 0 Å². The molecule has 0 N–H and O–H groups in total. The zero-order valence-electron chi connectivity index (χ0n) is 10.3. The van der Waals surface area contributed by atoms with Crippen LogP contribution in [0.5, 0.6) is 0 Å². The molecular formula is C15H14N2S. The van der Waals surface area contributed by atoms with Crippen LogP contribution in [0.15, 0.2) is 30.5 Å². The van der Waals surface area contributed by atoms with Crippen molar-refractivity contribution in [3.8, 4) is 11.3 Å². The molecule has 1 aliphatic rings. The molecule has 2 aromatic heterocycles. The first kappa shape index (κ1) is 10.3. The Labute approximate surface area is 110 Å². The average molecular weight is 254 g/mol. The molecule has 0 spiro atoms. The molecule has 0 radical (unpaired) electrons. The van der Waals surface area contributed by atoms with E-state index in [4.69, 9.17) is 4.98 Å². The van der Waals surface area contributed by atoms with E-state index < -0.39 is 0 Å². The fraction of sp³-hybridized carbons (Fsp3) is 0.267. The lowest BCUT2D eigenvalue weighted by atomic mass is 10.1. The van der Waals surface area contributed by atoms with Gasteiger partial charge in [-0.15, -0.1) is 11.3 Å². The van der Waals surface area contributed by atoms with Crippen LogP contribution in [0, 0.1) is 6.92 Å². The predicted molar refractivity (Wildman–Crippen MR) is 75.3 cm³/mol. The molecule has 0 saturated heterocycles. The molecular weight excluding hydrogens is 240 g/mol. The van der Waals surface area contributed by atoms with Gasteiger partial charge in [-0.3, -0.25) is 4.40 Å². The number of hydrogen-bond acceptors (Lipinski definition) is 2. The highest BCUT2D eigenvalue weighted by atomic mass is 32.1. The van der Waals surface area contributed by atoms with Gasteiger partial charge in [0.15, 0.2) is 4.96 Å². The maximum atomic E-state index is 4.76. The molecule has 4 rings (SSSR count). The molecule has 0 saturated carbocycles. The first-order valence-corrected chi connectivity index (χ1v) is 7.19. The summed E-state index contributed by atoms with van der Waals surface area (Å²) in [5, 5.41) is 0. The second-order valence-corrected chi connectivity index (χ2v) is 6.03. The van der Waals surface area contributed by atoms with Gasteiger partial charge < -0.3 is 0 Å². The molecule has 0 unspecified atom stereocenters. The van der Waals surface area contributed by atoms with Crippen molar-refractivity contribution in [1.29, 1.82) is 0 Å². The first-order valence-electron chi connectivity index (χ1n) is 6.38. The number of thiazole rings is 1. The summed E-state index contributed by atoms with van der Waals surface area (Å²) >= 11 is 1.86. The lowest BCUT2D eigenvalue weighted by Crippen LogP contribution is -1.85. The Bertz CT molecular complexity index is 719. The van der Waals surface area contributed by atoms with Gasteiger partial charge >= 0.3 is 0 Å². The number of hydrogen-bond donors (Lipinski definition) is 0. The van der Waals surface area contributed by atoms with Crippen molar-refractivity contribution in [2.75, 3.05) is 0 Å². The number of aromatic nitrogens is 2. The predicted octanol–water partition coefficient (Wildman–Crippen LogP) is 3.86. The van der Waals surface area contributed by atoms with E-state index in [1.807, 2.05) is 11.3 Å². The Morgan fingerprint density at radius 3 is 2.83 bits per heavy atom. The quantitative estimate of drug-likeness (QED) is 0.644. The summed E-state index contributed by atoms with van der Waals surface area (Å²) in [5.41, 5.74) is 5.08. The maximum absolute atomic E-state index is 4.76. The van der Waals surface area contributed by atoms with Gasteiger partial charge in [0.25, 0.3) is 0 Å². The summed E-state index contributed by atoms with van der Waals surface area (Å²) in [5.74, 6) is 0. The molecule has 0 bridgehead atoms. The normalized spacial score (nSPS) is 14.3. The van der Waals surface area contributed by atoms with Crippen LogP contribution in [0.2, 0.25) is 0 Å². The lowest BCUT2D eigenvalue weighted by Gasteiger charge is -1.97. The largest absolute Gasteiger partial charge is 0.294 e. The van der Waals surface area contributed by atoms with Gasteiger partial charge in [0.2, 0.25) is 0 Å². The zero-order valence-corrected chi connectivity index (χ0v) is 11.1. The van der Waals surface area contributed by atoms with Crippen LogP contribution in [0.4, 0.5) is 0 Å². The average Bonchev–Trinajstić information content (AvgIpc) is 3.00. The summed E-state index contributed by atoms with van der Waals surface area (Å²) in [6.45, 7) is 2.11. The molecule has 1 aliphatic carbocycles. The molecule has 0 amide bonds. The number of aryl methyl sites for hydroxylation is 3. The van der Waals surface area contributed by atoms with E-state index in [-0.39, 0.29) is 0 Å². The van der Waals surface area contributed by atoms with Crippen molar-refractivity contribution in [3.05, 3.63) is 46.6 Å². The third-order valence-electron chi connectivity index (χ3n) is 3.67. The highest BCUT2D eigenvalue weighted by molar-refractivity contribution is 7.17. The van der Waals surface area contributed by atoms with Crippen molar-refractivity contribution in [2.45, 2.75) is 26.2 Å². The number of imidazole rings is 1. The minimum Gasteiger partial charge on any atom is -0.294 e. The van der Waals surface area contributed by atoms with Crippen LogP contribution >= 0.6 is 11.3 Å². The maximum Gasteiger partial charge on any atom is 0.194 e. The van der Waals surface area contributed by atoms with Crippen LogP contribution in [-0.2, 0) is 12.8 Å². The minimum absolute atomic E-state index is 1.09. The first-order chi connectivity index (χ1) is 8.81. The summed E-state index contributed by atoms with van der Waals surface area (Å²) in [6, 6.07) is 8.60. The van der Waals surface area contributed by atoms with Gasteiger partial charge in [-0.1, -0.05) is 29.8 Å². The highest BCUT2D eigenvalue weighted by Gasteiger charge is 2.19. The highest BCUT2D eigenvalue weighted by Crippen LogP contribution is 2.32. The van der Waals surface area contributed by atoms with Gasteiger partial charge in [-0.05, 0) is 26.2 Å². The number of benzene rings is 1. The molecule has 2 heterocycles. The summed E-state index contributed by atoms with van der Waals surface area (Å²) in [4.78, 5) is 7.44. The van der Waals surface area contributed by atoms with E-state index in [0.29, 0.717) is 0 Å². The number of rotatable bonds is 1. The van der Waals surface area contributed by atoms with E-state index in [0.717, 1.165) is 10.7 Å². The molecule has 2 nitrogen and oxygen atoms in total. The summed E-state index contributed by atoms with van der Waals surface area (Å²) < 4.78 is 2.29. The lowest BCUT2D eigenvalue weighted by molar-refractivity contribution is 0.888. The minimum atomic E-state index is 1.09. The monoisotopic (exact) mass is 254 g/mol. The standard InChI is InChI=1S/C15H14N2S/c1-10-5-7-11(8-6-10)12-9-17-13-3-2-4-14(13)18-15(17)16-12/h5-9H,2-4H2,1H3. The molecule has 1 aromatic carbocycles. The molecule has 90 valence electrons. The van der Waals surface area contributed by atoms with Crippen molar-refractivity contribution >= 4 is 16.3 Å². The summed E-state index contributed by atoms with van der Waals surface area (Å²) in [6.07, 6.45) is 5.94. The second-order valence-electron chi connectivity index (χ2n) is 4.97. The van der Waals surface area contributed by atoms with Crippen molar-refractivity contribution in [3.63, 3.8) is 0 Å². The molecule has 0 atom stereocenters. The van der Waals surface area contributed by atoms with Crippen LogP contribution in [0.3, 0.4) is 0 Å². The van der Waals surface area contributed by atoms with Gasteiger partial charge in [0.1, 0.15) is 0 Å². The molecule has 0 fully saturated rings. The SMILES string of the molecule is Cc1ccc(-c2cn3c4c(sc3n2)CCC4)cc1. The van der Waals surface area contributed by atoms with Gasteiger partial charge in [0, 0.05) is 22.3 Å². The molecule has 0 aliphatic heterocycles. The van der Waals surface area contributed by atoms with Crippen molar-refractivity contribution in [1.82, 2.24) is 9.38 Å². The Balaban J connectivity index is 1.86. The van der Waals surface area contributed by atoms with E-state index in [1.165, 1.54) is 41.0 Å². The van der Waals surface area contributed by atoms with E-state index in [9.17, 15) is 0 Å². The number of fused-ring (bicyclic) bond motifs is 3. The molecule has 18 heavy (non-hydrogen) atoms. The topological polar surface area (TPSA) is 17.3 Å². The fourth-order valence-electron chi connectivity index (χ4n) is 2.67. The van der Waals surface area contributed by atoms with Crippen LogP contribution in [-0.4, -0.2) is 9.38 Å². The Morgan fingerprint density at radius 2 is 2.00 bits per heavy atom. The molecule has 3 aromatic rings. The van der Waals surface area contributed by atoms with Crippen LogP contribution in [0.25, 0.3) is 16.2 Å². The zero-order chi connectivity index (χ0) is 12.1. The Kier molecular flexibility index (Phi) is 2.12. The van der Waals surface area contributed by atoms with Gasteiger partial charge in [-0.25, -0.2) is 4.98 Å². The Morgan fingerprint density at radius 1 is 1.17 bits per heavy atom. The smallest absolute Gasteiger partial charge is 0.194 e. The van der Waals surface area contributed by atoms with Crippen LogP contribution in [0.1, 0.15) is 22.6 Å². The van der Waals surface area contributed by atoms with E-state index >= 15 is 0 Å². The third-order valence-corrected chi connectivity index (χ3v) is 4.82. The fourth-order valence-corrected chi connectivity index (χ4v) is 3.86. The summed E-state index contributed by atoms with van der Waals surface area (Å²) in [7, 11) is 0. The van der Waals surface area contributed by atoms with E-state index in [1.54, 1.807) is 0 Å². The van der Waals surface area contributed by atoms with Gasteiger partial charge in [-0.2, -0.15) is 0 Å². The number of nitrogens with zero attached hydrogens (tertiary/aromatic N) is 2. The molecule has 3 heteroatoms. The second kappa shape index (κ2) is 3.69. The van der Waals surface area contributed by atoms with Crippen molar-refractivity contribution in [2.24, 2.45) is 0 Å².